The maximum atomic E-state index is 12.5. The van der Waals surface area contributed by atoms with Crippen LogP contribution in [-0.2, 0) is 4.79 Å². The van der Waals surface area contributed by atoms with Crippen LogP contribution in [0.25, 0.3) is 6.08 Å². The van der Waals surface area contributed by atoms with E-state index in [2.05, 4.69) is 21.2 Å². The van der Waals surface area contributed by atoms with Crippen molar-refractivity contribution in [2.75, 3.05) is 14.2 Å². The fourth-order valence-corrected chi connectivity index (χ4v) is 2.82. The smallest absolute Gasteiger partial charge is 0.262 e. The Morgan fingerprint density at radius 3 is 2.38 bits per heavy atom. The highest BCUT2D eigenvalue weighted by Crippen LogP contribution is 2.34. The predicted octanol–water partition coefficient (Wildman–Crippen LogP) is 4.25. The van der Waals surface area contributed by atoms with Crippen molar-refractivity contribution in [3.05, 3.63) is 63.6 Å². The first kappa shape index (κ1) is 19.5. The molecule has 2 rings (SSSR count). The molecule has 0 bridgehead atoms. The molecule has 0 heterocycles. The lowest BCUT2D eigenvalue weighted by Gasteiger charge is -2.14. The van der Waals surface area contributed by atoms with E-state index in [1.807, 2.05) is 43.3 Å². The van der Waals surface area contributed by atoms with Crippen molar-refractivity contribution in [1.82, 2.24) is 5.32 Å². The fourth-order valence-electron chi connectivity index (χ4n) is 2.38. The summed E-state index contributed by atoms with van der Waals surface area (Å²) in [4.78, 5) is 12.5. The number of halogens is 1. The van der Waals surface area contributed by atoms with Crippen LogP contribution in [0.4, 0.5) is 0 Å². The molecule has 0 saturated heterocycles. The molecule has 0 unspecified atom stereocenters. The molecular weight excluding hydrogens is 396 g/mol. The molecule has 0 aliphatic carbocycles. The summed E-state index contributed by atoms with van der Waals surface area (Å²) < 4.78 is 11.2. The third-order valence-electron chi connectivity index (χ3n) is 3.81. The molecule has 2 aromatic rings. The molecule has 0 spiro atoms. The van der Waals surface area contributed by atoms with Crippen molar-refractivity contribution in [3.8, 4) is 17.6 Å². The van der Waals surface area contributed by atoms with Crippen LogP contribution in [0.1, 0.15) is 24.1 Å². The van der Waals surface area contributed by atoms with Crippen molar-refractivity contribution in [2.24, 2.45) is 0 Å². The first-order valence-corrected chi connectivity index (χ1v) is 8.68. The number of ether oxygens (including phenoxy) is 2. The monoisotopic (exact) mass is 414 g/mol. The summed E-state index contributed by atoms with van der Waals surface area (Å²) in [7, 11) is 3.07. The minimum atomic E-state index is -0.439. The average Bonchev–Trinajstić information content (AvgIpc) is 2.67. The molecule has 0 aromatic heterocycles. The van der Waals surface area contributed by atoms with Crippen LogP contribution in [0.2, 0.25) is 0 Å². The van der Waals surface area contributed by atoms with Gasteiger partial charge in [-0.2, -0.15) is 5.26 Å². The molecule has 0 radical (unpaired) electrons. The molecule has 1 amide bonds. The van der Waals surface area contributed by atoms with Gasteiger partial charge < -0.3 is 14.8 Å². The Balaban J connectivity index is 2.27. The lowest BCUT2D eigenvalue weighted by atomic mass is 10.1. The Kier molecular flexibility index (Phi) is 6.81. The molecule has 2 aromatic carbocycles. The summed E-state index contributed by atoms with van der Waals surface area (Å²) in [5.74, 6) is 0.625. The third kappa shape index (κ3) is 4.64. The molecule has 5 nitrogen and oxygen atoms in total. The first-order chi connectivity index (χ1) is 12.5. The van der Waals surface area contributed by atoms with Gasteiger partial charge in [0.1, 0.15) is 11.6 Å². The van der Waals surface area contributed by atoms with Gasteiger partial charge in [0.25, 0.3) is 5.91 Å². The Bertz CT molecular complexity index is 857. The van der Waals surface area contributed by atoms with Crippen molar-refractivity contribution in [2.45, 2.75) is 13.0 Å². The minimum Gasteiger partial charge on any atom is -0.493 e. The number of nitrogens with zero attached hydrogens (tertiary/aromatic N) is 1. The topological polar surface area (TPSA) is 71.3 Å². The summed E-state index contributed by atoms with van der Waals surface area (Å²) in [6.07, 6.45) is 1.51. The van der Waals surface area contributed by atoms with E-state index in [1.54, 1.807) is 19.2 Å². The Labute approximate surface area is 161 Å². The predicted molar refractivity (Wildman–Crippen MR) is 104 cm³/mol. The van der Waals surface area contributed by atoms with E-state index >= 15 is 0 Å². The fraction of sp³-hybridized carbons (Fsp3) is 0.200. The molecule has 1 N–H and O–H groups in total. The quantitative estimate of drug-likeness (QED) is 0.566. The maximum Gasteiger partial charge on any atom is 0.262 e. The second-order valence-electron chi connectivity index (χ2n) is 5.50. The molecular formula is C20H19BrN2O3. The zero-order valence-corrected chi connectivity index (χ0v) is 16.3. The van der Waals surface area contributed by atoms with Crippen molar-refractivity contribution >= 4 is 27.9 Å². The first-order valence-electron chi connectivity index (χ1n) is 7.89. The van der Waals surface area contributed by atoms with Gasteiger partial charge in [0.15, 0.2) is 11.5 Å². The number of benzene rings is 2. The number of hydrogen-bond acceptors (Lipinski definition) is 4. The molecule has 26 heavy (non-hydrogen) atoms. The molecule has 0 saturated carbocycles. The average molecular weight is 415 g/mol. The van der Waals surface area contributed by atoms with Crippen LogP contribution >= 0.6 is 15.9 Å². The lowest BCUT2D eigenvalue weighted by molar-refractivity contribution is -0.117. The molecule has 0 aliphatic heterocycles. The number of nitriles is 1. The van der Waals surface area contributed by atoms with Gasteiger partial charge in [-0.3, -0.25) is 4.79 Å². The number of carbonyl (C=O) groups excluding carboxylic acids is 1. The second-order valence-corrected chi connectivity index (χ2v) is 6.36. The Morgan fingerprint density at radius 2 is 1.81 bits per heavy atom. The molecule has 0 fully saturated rings. The van der Waals surface area contributed by atoms with Crippen LogP contribution in [0.5, 0.6) is 11.5 Å². The third-order valence-corrected chi connectivity index (χ3v) is 4.50. The number of methoxy groups -OCH3 is 2. The van der Waals surface area contributed by atoms with Crippen molar-refractivity contribution < 1.29 is 14.3 Å². The van der Waals surface area contributed by atoms with Crippen molar-refractivity contribution in [3.63, 3.8) is 0 Å². The second kappa shape index (κ2) is 9.07. The van der Waals surface area contributed by atoms with Crippen molar-refractivity contribution in [1.29, 1.82) is 5.26 Å². The highest BCUT2D eigenvalue weighted by atomic mass is 79.9. The highest BCUT2D eigenvalue weighted by Gasteiger charge is 2.15. The summed E-state index contributed by atoms with van der Waals surface area (Å²) in [5, 5.41) is 12.2. The maximum absolute atomic E-state index is 12.5. The van der Waals surface area contributed by atoms with Gasteiger partial charge in [-0.15, -0.1) is 0 Å². The van der Waals surface area contributed by atoms with E-state index in [0.717, 1.165) is 5.56 Å². The number of nitrogens with one attached hydrogen (secondary N) is 1. The van der Waals surface area contributed by atoms with E-state index in [1.165, 1.54) is 13.2 Å². The molecule has 1 atom stereocenters. The van der Waals surface area contributed by atoms with E-state index in [4.69, 9.17) is 9.47 Å². The number of rotatable bonds is 6. The summed E-state index contributed by atoms with van der Waals surface area (Å²) in [5.41, 5.74) is 1.60. The molecule has 134 valence electrons. The van der Waals surface area contributed by atoms with Crippen LogP contribution in [0, 0.1) is 11.3 Å². The number of hydrogen-bond donors (Lipinski definition) is 1. The molecule has 6 heteroatoms. The summed E-state index contributed by atoms with van der Waals surface area (Å²) in [6.45, 7) is 1.87. The number of carbonyl (C=O) groups is 1. The van der Waals surface area contributed by atoms with E-state index in [-0.39, 0.29) is 11.6 Å². The van der Waals surface area contributed by atoms with Crippen LogP contribution < -0.4 is 14.8 Å². The van der Waals surface area contributed by atoms with Crippen LogP contribution in [-0.4, -0.2) is 20.1 Å². The normalized spacial score (nSPS) is 12.0. The Hall–Kier alpha value is -2.78. The highest BCUT2D eigenvalue weighted by molar-refractivity contribution is 9.10. The van der Waals surface area contributed by atoms with Gasteiger partial charge in [0, 0.05) is 4.47 Å². The van der Waals surface area contributed by atoms with Gasteiger partial charge >= 0.3 is 0 Å². The SMILES string of the molecule is COc1cc(Br)c(/C=C(\C#N)C(=O)N[C@H](C)c2ccccc2)cc1OC. The zero-order valence-electron chi connectivity index (χ0n) is 14.7. The van der Waals surface area contributed by atoms with Gasteiger partial charge in [0.2, 0.25) is 0 Å². The number of amides is 1. The van der Waals surface area contributed by atoms with Gasteiger partial charge in [-0.05, 0) is 36.3 Å². The van der Waals surface area contributed by atoms with E-state index in [0.29, 0.717) is 21.5 Å². The largest absolute Gasteiger partial charge is 0.493 e. The van der Waals surface area contributed by atoms with Crippen LogP contribution in [0.3, 0.4) is 0 Å². The lowest BCUT2D eigenvalue weighted by Crippen LogP contribution is -2.27. The zero-order chi connectivity index (χ0) is 19.1. The standard InChI is InChI=1S/C20H19BrN2O3/c1-13(14-7-5-4-6-8-14)23-20(24)16(12-22)9-15-10-18(25-2)19(26-3)11-17(15)21/h4-11,13H,1-3H3,(H,23,24)/b16-9+/t13-/m1/s1. The van der Waals surface area contributed by atoms with E-state index in [9.17, 15) is 10.1 Å². The summed E-state index contributed by atoms with van der Waals surface area (Å²) >= 11 is 3.42. The van der Waals surface area contributed by atoms with Gasteiger partial charge in [0.05, 0.1) is 20.3 Å². The van der Waals surface area contributed by atoms with Crippen LogP contribution in [0.15, 0.2) is 52.5 Å². The van der Waals surface area contributed by atoms with Gasteiger partial charge in [-0.1, -0.05) is 46.3 Å². The minimum absolute atomic E-state index is 0.000649. The molecule has 0 aliphatic rings. The van der Waals surface area contributed by atoms with E-state index < -0.39 is 5.91 Å². The summed E-state index contributed by atoms with van der Waals surface area (Å²) in [6, 6.07) is 14.7. The van der Waals surface area contributed by atoms with Gasteiger partial charge in [-0.25, -0.2) is 0 Å². The Morgan fingerprint density at radius 1 is 1.19 bits per heavy atom.